The molecule has 2 atom stereocenters. The third kappa shape index (κ3) is 3.24. The van der Waals surface area contributed by atoms with Crippen LogP contribution in [0.1, 0.15) is 24.3 Å². The van der Waals surface area contributed by atoms with Crippen LogP contribution in [-0.4, -0.2) is 23.9 Å². The van der Waals surface area contributed by atoms with Crippen molar-refractivity contribution in [3.8, 4) is 0 Å². The van der Waals surface area contributed by atoms with Crippen LogP contribution in [-0.2, 0) is 0 Å². The Morgan fingerprint density at radius 1 is 1.50 bits per heavy atom. The molecule has 0 bridgehead atoms. The molecule has 3 nitrogen and oxygen atoms in total. The zero-order valence-corrected chi connectivity index (χ0v) is 9.01. The highest BCUT2D eigenvalue weighted by atomic mass is 19.4. The summed E-state index contributed by atoms with van der Waals surface area (Å²) in [6.45, 7) is 2.93. The maximum atomic E-state index is 12.0. The van der Waals surface area contributed by atoms with Crippen LogP contribution in [0, 0.1) is 6.92 Å². The van der Waals surface area contributed by atoms with Gasteiger partial charge in [0.05, 0.1) is 12.3 Å². The van der Waals surface area contributed by atoms with E-state index in [4.69, 9.17) is 9.52 Å². The van der Waals surface area contributed by atoms with Crippen molar-refractivity contribution in [3.63, 3.8) is 0 Å². The van der Waals surface area contributed by atoms with Crippen LogP contribution >= 0.6 is 0 Å². The zero-order chi connectivity index (χ0) is 12.3. The Kier molecular flexibility index (Phi) is 3.98. The van der Waals surface area contributed by atoms with Crippen LogP contribution in [0.4, 0.5) is 13.2 Å². The quantitative estimate of drug-likeness (QED) is 0.843. The van der Waals surface area contributed by atoms with E-state index in [1.54, 1.807) is 19.9 Å². The smallest absolute Gasteiger partial charge is 0.415 e. The van der Waals surface area contributed by atoms with Gasteiger partial charge < -0.3 is 14.8 Å². The second-order valence-corrected chi connectivity index (χ2v) is 3.66. The van der Waals surface area contributed by atoms with Crippen LogP contribution in [0.25, 0.3) is 0 Å². The highest BCUT2D eigenvalue weighted by Gasteiger charge is 2.38. The standard InChI is InChI=1S/C10H14F3NO2/c1-6-3-4-16-9(6)7(2)14-5-8(15)10(11,12)13/h3-4,7-8,14-15H,5H2,1-2H3. The lowest BCUT2D eigenvalue weighted by Gasteiger charge is -2.18. The van der Waals surface area contributed by atoms with Crippen LogP contribution in [0.3, 0.4) is 0 Å². The van der Waals surface area contributed by atoms with Crippen LogP contribution in [0.2, 0.25) is 0 Å². The van der Waals surface area contributed by atoms with Crippen LogP contribution in [0.5, 0.6) is 0 Å². The molecule has 1 aromatic rings. The fourth-order valence-corrected chi connectivity index (χ4v) is 1.32. The molecule has 0 saturated heterocycles. The van der Waals surface area contributed by atoms with Gasteiger partial charge in [-0.2, -0.15) is 13.2 Å². The topological polar surface area (TPSA) is 45.4 Å². The first-order valence-corrected chi connectivity index (χ1v) is 4.84. The molecular formula is C10H14F3NO2. The molecule has 0 aliphatic rings. The van der Waals surface area contributed by atoms with Crippen LogP contribution in [0.15, 0.2) is 16.7 Å². The molecule has 0 aromatic carbocycles. The van der Waals surface area contributed by atoms with Gasteiger partial charge in [-0.05, 0) is 25.5 Å². The van der Waals surface area contributed by atoms with Crippen molar-refractivity contribution in [1.29, 1.82) is 0 Å². The molecule has 16 heavy (non-hydrogen) atoms. The average Bonchev–Trinajstić information content (AvgIpc) is 2.58. The maximum absolute atomic E-state index is 12.0. The summed E-state index contributed by atoms with van der Waals surface area (Å²) >= 11 is 0. The van der Waals surface area contributed by atoms with Gasteiger partial charge in [0.1, 0.15) is 5.76 Å². The molecule has 92 valence electrons. The predicted octanol–water partition coefficient (Wildman–Crippen LogP) is 2.16. The van der Waals surface area contributed by atoms with E-state index in [0.717, 1.165) is 5.56 Å². The molecular weight excluding hydrogens is 223 g/mol. The third-order valence-electron chi connectivity index (χ3n) is 2.29. The van der Waals surface area contributed by atoms with E-state index in [9.17, 15) is 13.2 Å². The summed E-state index contributed by atoms with van der Waals surface area (Å²) in [5.74, 6) is 0.578. The number of nitrogens with one attached hydrogen (secondary N) is 1. The highest BCUT2D eigenvalue weighted by molar-refractivity contribution is 5.17. The van der Waals surface area contributed by atoms with Crippen molar-refractivity contribution in [1.82, 2.24) is 5.32 Å². The zero-order valence-electron chi connectivity index (χ0n) is 9.01. The van der Waals surface area contributed by atoms with Gasteiger partial charge in [-0.15, -0.1) is 0 Å². The molecule has 6 heteroatoms. The minimum atomic E-state index is -4.59. The second kappa shape index (κ2) is 4.88. The van der Waals surface area contributed by atoms with Crippen molar-refractivity contribution in [2.75, 3.05) is 6.54 Å². The van der Waals surface area contributed by atoms with Gasteiger partial charge >= 0.3 is 6.18 Å². The molecule has 0 radical (unpaired) electrons. The Morgan fingerprint density at radius 2 is 2.12 bits per heavy atom. The first kappa shape index (κ1) is 13.1. The number of alkyl halides is 3. The molecule has 1 heterocycles. The molecule has 0 spiro atoms. The minimum absolute atomic E-state index is 0.369. The fourth-order valence-electron chi connectivity index (χ4n) is 1.32. The van der Waals surface area contributed by atoms with E-state index in [1.807, 2.05) is 0 Å². The summed E-state index contributed by atoms with van der Waals surface area (Å²) in [7, 11) is 0. The van der Waals surface area contributed by atoms with Gasteiger partial charge in [0.25, 0.3) is 0 Å². The van der Waals surface area contributed by atoms with E-state index >= 15 is 0 Å². The number of rotatable bonds is 4. The molecule has 0 amide bonds. The van der Waals surface area contributed by atoms with Crippen molar-refractivity contribution < 1.29 is 22.7 Å². The number of aliphatic hydroxyl groups is 1. The molecule has 0 fully saturated rings. The summed E-state index contributed by atoms with van der Waals surface area (Å²) in [6.07, 6.45) is -5.47. The Bertz CT molecular complexity index is 335. The fraction of sp³-hybridized carbons (Fsp3) is 0.600. The third-order valence-corrected chi connectivity index (χ3v) is 2.29. The van der Waals surface area contributed by atoms with Gasteiger partial charge in [0.15, 0.2) is 6.10 Å². The lowest BCUT2D eigenvalue weighted by atomic mass is 10.1. The number of aliphatic hydroxyl groups excluding tert-OH is 1. The number of hydrogen-bond acceptors (Lipinski definition) is 3. The highest BCUT2D eigenvalue weighted by Crippen LogP contribution is 2.21. The molecule has 0 aliphatic heterocycles. The second-order valence-electron chi connectivity index (χ2n) is 3.66. The number of halogens is 3. The van der Waals surface area contributed by atoms with Gasteiger partial charge in [-0.25, -0.2) is 0 Å². The number of furan rings is 1. The summed E-state index contributed by atoms with van der Waals surface area (Å²) in [4.78, 5) is 0. The van der Waals surface area contributed by atoms with Crippen molar-refractivity contribution >= 4 is 0 Å². The number of hydrogen-bond donors (Lipinski definition) is 2. The summed E-state index contributed by atoms with van der Waals surface area (Å²) in [6, 6.07) is 1.36. The summed E-state index contributed by atoms with van der Waals surface area (Å²) in [5.41, 5.74) is 0.862. The first-order valence-electron chi connectivity index (χ1n) is 4.84. The van der Waals surface area contributed by atoms with Gasteiger partial charge in [-0.1, -0.05) is 0 Å². The summed E-state index contributed by atoms with van der Waals surface area (Å²) < 4.78 is 41.1. The van der Waals surface area contributed by atoms with E-state index in [1.165, 1.54) is 6.26 Å². The minimum Gasteiger partial charge on any atom is -0.467 e. The van der Waals surface area contributed by atoms with E-state index in [2.05, 4.69) is 5.32 Å². The van der Waals surface area contributed by atoms with E-state index in [0.29, 0.717) is 5.76 Å². The lowest BCUT2D eigenvalue weighted by molar-refractivity contribution is -0.202. The average molecular weight is 237 g/mol. The van der Waals surface area contributed by atoms with Crippen molar-refractivity contribution in [2.45, 2.75) is 32.2 Å². The Hall–Kier alpha value is -1.01. The Morgan fingerprint density at radius 3 is 2.56 bits per heavy atom. The number of aryl methyl sites for hydroxylation is 1. The van der Waals surface area contributed by atoms with Crippen molar-refractivity contribution in [3.05, 3.63) is 23.7 Å². The normalized spacial score (nSPS) is 16.1. The maximum Gasteiger partial charge on any atom is 0.415 e. The molecule has 0 saturated carbocycles. The molecule has 0 aliphatic carbocycles. The summed E-state index contributed by atoms with van der Waals surface area (Å²) in [5, 5.41) is 11.4. The monoisotopic (exact) mass is 237 g/mol. The van der Waals surface area contributed by atoms with Gasteiger partial charge in [-0.3, -0.25) is 0 Å². The van der Waals surface area contributed by atoms with Crippen LogP contribution < -0.4 is 5.32 Å². The van der Waals surface area contributed by atoms with Gasteiger partial charge in [0, 0.05) is 6.54 Å². The lowest BCUT2D eigenvalue weighted by Crippen LogP contribution is -2.39. The largest absolute Gasteiger partial charge is 0.467 e. The molecule has 1 aromatic heterocycles. The predicted molar refractivity (Wildman–Crippen MR) is 51.9 cm³/mol. The van der Waals surface area contributed by atoms with E-state index < -0.39 is 18.8 Å². The van der Waals surface area contributed by atoms with Crippen molar-refractivity contribution in [2.24, 2.45) is 0 Å². The molecule has 2 unspecified atom stereocenters. The van der Waals surface area contributed by atoms with E-state index in [-0.39, 0.29) is 6.04 Å². The molecule has 1 rings (SSSR count). The Labute approximate surface area is 91.3 Å². The first-order chi connectivity index (χ1) is 7.32. The Balaban J connectivity index is 2.48. The SMILES string of the molecule is Cc1ccoc1C(C)NCC(O)C(F)(F)F. The van der Waals surface area contributed by atoms with Gasteiger partial charge in [0.2, 0.25) is 0 Å². The molecule has 2 N–H and O–H groups in total.